The molecular formula is C16H16BrClFNO. The smallest absolute Gasteiger partial charge is 0.137 e. The van der Waals surface area contributed by atoms with Gasteiger partial charge in [0.2, 0.25) is 0 Å². The van der Waals surface area contributed by atoms with Crippen LogP contribution in [0.5, 0.6) is 5.75 Å². The summed E-state index contributed by atoms with van der Waals surface area (Å²) in [6.07, 6.45) is 0.746. The second kappa shape index (κ2) is 7.78. The van der Waals surface area contributed by atoms with Gasteiger partial charge in [-0.1, -0.05) is 23.7 Å². The molecule has 0 saturated heterocycles. The topological polar surface area (TPSA) is 21.3 Å². The molecule has 0 heterocycles. The number of hydrogen-bond donors (Lipinski definition) is 1. The molecule has 2 aromatic rings. The molecule has 0 aliphatic carbocycles. The monoisotopic (exact) mass is 371 g/mol. The van der Waals surface area contributed by atoms with Crippen LogP contribution in [0.3, 0.4) is 0 Å². The van der Waals surface area contributed by atoms with Crippen LogP contribution in [0.2, 0.25) is 5.02 Å². The van der Waals surface area contributed by atoms with Gasteiger partial charge < -0.3 is 10.1 Å². The number of hydrogen-bond acceptors (Lipinski definition) is 2. The molecule has 0 saturated carbocycles. The van der Waals surface area contributed by atoms with Crippen molar-refractivity contribution in [2.75, 3.05) is 13.7 Å². The van der Waals surface area contributed by atoms with Gasteiger partial charge in [-0.2, -0.15) is 0 Å². The predicted molar refractivity (Wildman–Crippen MR) is 87.6 cm³/mol. The molecule has 0 aromatic heterocycles. The van der Waals surface area contributed by atoms with E-state index in [0.717, 1.165) is 17.7 Å². The van der Waals surface area contributed by atoms with E-state index in [4.69, 9.17) is 16.3 Å². The van der Waals surface area contributed by atoms with Crippen molar-refractivity contribution in [1.29, 1.82) is 0 Å². The molecule has 0 bridgehead atoms. The fourth-order valence-corrected chi connectivity index (χ4v) is 2.56. The molecule has 21 heavy (non-hydrogen) atoms. The van der Waals surface area contributed by atoms with Gasteiger partial charge in [-0.05, 0) is 65.3 Å². The lowest BCUT2D eigenvalue weighted by atomic mass is 10.1. The maximum Gasteiger partial charge on any atom is 0.137 e. The van der Waals surface area contributed by atoms with E-state index >= 15 is 0 Å². The predicted octanol–water partition coefficient (Wildman–Crippen LogP) is 4.45. The van der Waals surface area contributed by atoms with Crippen LogP contribution < -0.4 is 10.1 Å². The maximum absolute atomic E-state index is 13.2. The summed E-state index contributed by atoms with van der Waals surface area (Å²) in [4.78, 5) is 0. The molecule has 0 spiro atoms. The summed E-state index contributed by atoms with van der Waals surface area (Å²) in [6, 6.07) is 12.5. The molecule has 112 valence electrons. The molecule has 2 rings (SSSR count). The second-order valence-corrected chi connectivity index (χ2v) is 6.00. The number of benzene rings is 2. The Hall–Kier alpha value is -1.10. The summed E-state index contributed by atoms with van der Waals surface area (Å²) in [5.41, 5.74) is 1.04. The van der Waals surface area contributed by atoms with E-state index < -0.39 is 0 Å². The maximum atomic E-state index is 13.2. The zero-order valence-corrected chi connectivity index (χ0v) is 13.9. The minimum Gasteiger partial charge on any atom is -0.492 e. The lowest BCUT2D eigenvalue weighted by molar-refractivity contribution is 0.270. The van der Waals surface area contributed by atoms with Gasteiger partial charge in [0.05, 0.1) is 4.47 Å². The zero-order chi connectivity index (χ0) is 15.2. The number of rotatable bonds is 6. The average molecular weight is 373 g/mol. The molecule has 0 aliphatic rings. The Morgan fingerprint density at radius 1 is 1.29 bits per heavy atom. The number of halogens is 3. The van der Waals surface area contributed by atoms with E-state index in [9.17, 15) is 4.39 Å². The quantitative estimate of drug-likeness (QED) is 0.809. The third-order valence-corrected chi connectivity index (χ3v) is 3.96. The third-order valence-electron chi connectivity index (χ3n) is 3.12. The van der Waals surface area contributed by atoms with Crippen molar-refractivity contribution >= 4 is 27.5 Å². The Morgan fingerprint density at radius 2 is 2.10 bits per heavy atom. The molecule has 2 aromatic carbocycles. The third kappa shape index (κ3) is 4.99. The minimum atomic E-state index is -0.255. The Labute approximate surface area is 137 Å². The molecule has 1 unspecified atom stereocenters. The summed E-state index contributed by atoms with van der Waals surface area (Å²) in [6.45, 7) is 0.506. The first-order chi connectivity index (χ1) is 10.1. The van der Waals surface area contributed by atoms with Gasteiger partial charge in [0.1, 0.15) is 18.2 Å². The van der Waals surface area contributed by atoms with Gasteiger partial charge >= 0.3 is 0 Å². The van der Waals surface area contributed by atoms with Crippen LogP contribution in [-0.4, -0.2) is 19.7 Å². The lowest BCUT2D eigenvalue weighted by Gasteiger charge is -2.17. The first-order valence-electron chi connectivity index (χ1n) is 6.58. The van der Waals surface area contributed by atoms with Crippen molar-refractivity contribution in [3.05, 3.63) is 63.3 Å². The highest BCUT2D eigenvalue weighted by Gasteiger charge is 2.10. The van der Waals surface area contributed by atoms with Crippen LogP contribution in [0.1, 0.15) is 5.56 Å². The Kier molecular flexibility index (Phi) is 6.03. The summed E-state index contributed by atoms with van der Waals surface area (Å²) in [5.74, 6) is 0.484. The largest absolute Gasteiger partial charge is 0.492 e. The molecule has 0 amide bonds. The highest BCUT2D eigenvalue weighted by molar-refractivity contribution is 9.10. The zero-order valence-electron chi connectivity index (χ0n) is 11.6. The van der Waals surface area contributed by atoms with E-state index in [1.807, 2.05) is 19.2 Å². The summed E-state index contributed by atoms with van der Waals surface area (Å²) < 4.78 is 19.4. The van der Waals surface area contributed by atoms with Gasteiger partial charge in [0.25, 0.3) is 0 Å². The van der Waals surface area contributed by atoms with Crippen LogP contribution in [0.4, 0.5) is 4.39 Å². The molecule has 0 fully saturated rings. The molecule has 0 aliphatic heterocycles. The number of likely N-dealkylation sites (N-methyl/N-ethyl adjacent to an activating group) is 1. The lowest BCUT2D eigenvalue weighted by Crippen LogP contribution is -2.33. The molecule has 5 heteroatoms. The minimum absolute atomic E-state index is 0.126. The van der Waals surface area contributed by atoms with Crippen LogP contribution in [0, 0.1) is 5.82 Å². The normalized spacial score (nSPS) is 12.2. The standard InChI is InChI=1S/C16H16BrClFNO/c1-20-13(7-11-5-6-16(19)15(17)8-11)10-21-14-4-2-3-12(18)9-14/h2-6,8-9,13,20H,7,10H2,1H3. The highest BCUT2D eigenvalue weighted by Crippen LogP contribution is 2.19. The summed E-state index contributed by atoms with van der Waals surface area (Å²) >= 11 is 9.12. The molecule has 2 nitrogen and oxygen atoms in total. The van der Waals surface area contributed by atoms with E-state index in [0.29, 0.717) is 16.1 Å². The van der Waals surface area contributed by atoms with Crippen LogP contribution in [0.15, 0.2) is 46.9 Å². The number of nitrogens with one attached hydrogen (secondary N) is 1. The van der Waals surface area contributed by atoms with Crippen molar-refractivity contribution in [3.8, 4) is 5.75 Å². The van der Waals surface area contributed by atoms with Crippen LogP contribution in [-0.2, 0) is 6.42 Å². The molecule has 1 atom stereocenters. The van der Waals surface area contributed by atoms with Gasteiger partial charge in [0, 0.05) is 11.1 Å². The van der Waals surface area contributed by atoms with E-state index in [2.05, 4.69) is 21.2 Å². The molecular weight excluding hydrogens is 357 g/mol. The van der Waals surface area contributed by atoms with Gasteiger partial charge in [-0.3, -0.25) is 0 Å². The Balaban J connectivity index is 1.95. The molecule has 1 N–H and O–H groups in total. The Morgan fingerprint density at radius 3 is 2.76 bits per heavy atom. The van der Waals surface area contributed by atoms with Crippen LogP contribution >= 0.6 is 27.5 Å². The van der Waals surface area contributed by atoms with Crippen molar-refractivity contribution in [2.45, 2.75) is 12.5 Å². The van der Waals surface area contributed by atoms with Crippen molar-refractivity contribution < 1.29 is 9.13 Å². The van der Waals surface area contributed by atoms with Gasteiger partial charge in [-0.15, -0.1) is 0 Å². The summed E-state index contributed by atoms with van der Waals surface area (Å²) in [7, 11) is 1.88. The summed E-state index contributed by atoms with van der Waals surface area (Å²) in [5, 5.41) is 3.85. The number of ether oxygens (including phenoxy) is 1. The van der Waals surface area contributed by atoms with E-state index in [1.54, 1.807) is 24.3 Å². The van der Waals surface area contributed by atoms with E-state index in [1.165, 1.54) is 6.07 Å². The first-order valence-corrected chi connectivity index (χ1v) is 7.75. The SMILES string of the molecule is CNC(COc1cccc(Cl)c1)Cc1ccc(F)c(Br)c1. The van der Waals surface area contributed by atoms with Gasteiger partial charge in [0.15, 0.2) is 0 Å². The van der Waals surface area contributed by atoms with Crippen molar-refractivity contribution in [1.82, 2.24) is 5.32 Å². The highest BCUT2D eigenvalue weighted by atomic mass is 79.9. The van der Waals surface area contributed by atoms with Crippen molar-refractivity contribution in [2.24, 2.45) is 0 Å². The van der Waals surface area contributed by atoms with Crippen LogP contribution in [0.25, 0.3) is 0 Å². The fraction of sp³-hybridized carbons (Fsp3) is 0.250. The second-order valence-electron chi connectivity index (χ2n) is 4.71. The average Bonchev–Trinajstić information content (AvgIpc) is 2.47. The van der Waals surface area contributed by atoms with Crippen molar-refractivity contribution in [3.63, 3.8) is 0 Å². The fourth-order valence-electron chi connectivity index (χ4n) is 1.95. The van der Waals surface area contributed by atoms with E-state index in [-0.39, 0.29) is 11.9 Å². The molecule has 0 radical (unpaired) electrons. The van der Waals surface area contributed by atoms with Gasteiger partial charge in [-0.25, -0.2) is 4.39 Å². The Bertz CT molecular complexity index is 609. The first kappa shape index (κ1) is 16.3.